The molecular weight excluding hydrogens is 246 g/mol. The predicted molar refractivity (Wildman–Crippen MR) is 83.3 cm³/mol. The van der Waals surface area contributed by atoms with Crippen LogP contribution in [0.4, 0.5) is 0 Å². The minimum atomic E-state index is 0.544. The number of rotatable bonds is 2. The fourth-order valence-electron chi connectivity index (χ4n) is 2.99. The summed E-state index contributed by atoms with van der Waals surface area (Å²) in [6.45, 7) is 4.51. The highest BCUT2D eigenvalue weighted by atomic mass is 15.1. The summed E-state index contributed by atoms with van der Waals surface area (Å²) < 4.78 is 2.12. The van der Waals surface area contributed by atoms with Crippen molar-refractivity contribution in [3.8, 4) is 0 Å². The summed E-state index contributed by atoms with van der Waals surface area (Å²) in [4.78, 5) is 8.33. The van der Waals surface area contributed by atoms with Gasteiger partial charge in [0.25, 0.3) is 0 Å². The van der Waals surface area contributed by atoms with Crippen molar-refractivity contribution in [1.29, 1.82) is 0 Å². The molecule has 3 heterocycles. The summed E-state index contributed by atoms with van der Waals surface area (Å²) in [5.41, 5.74) is 5.74. The van der Waals surface area contributed by atoms with Crippen LogP contribution in [0.15, 0.2) is 42.6 Å². The topological polar surface area (TPSA) is 33.1 Å². The van der Waals surface area contributed by atoms with Gasteiger partial charge in [0.15, 0.2) is 0 Å². The Morgan fingerprint density at radius 2 is 2.10 bits per heavy atom. The molecule has 4 rings (SSSR count). The number of imidazole rings is 1. The average molecular weight is 263 g/mol. The Labute approximate surface area is 117 Å². The van der Waals surface area contributed by atoms with Crippen LogP contribution in [-0.2, 0) is 0 Å². The molecule has 1 atom stereocenters. The Hall–Kier alpha value is -2.29. The van der Waals surface area contributed by atoms with Crippen LogP contribution >= 0.6 is 0 Å². The standard InChI is InChI=1S/C17H17N3/c1-3-11(2)12-7-6-8-13-15(12)16-17(18-13)20-10-5-4-9-14(20)19-16/h4-11,18H,3H2,1-2H3. The van der Waals surface area contributed by atoms with Gasteiger partial charge in [0.05, 0.1) is 0 Å². The number of benzene rings is 1. The summed E-state index contributed by atoms with van der Waals surface area (Å²) in [5, 5.41) is 1.28. The van der Waals surface area contributed by atoms with Crippen molar-refractivity contribution in [1.82, 2.24) is 14.4 Å². The molecule has 100 valence electrons. The highest BCUT2D eigenvalue weighted by Crippen LogP contribution is 2.33. The smallest absolute Gasteiger partial charge is 0.143 e. The van der Waals surface area contributed by atoms with Crippen LogP contribution in [0.5, 0.6) is 0 Å². The van der Waals surface area contributed by atoms with Crippen LogP contribution in [0.1, 0.15) is 31.7 Å². The number of hydrogen-bond donors (Lipinski definition) is 1. The predicted octanol–water partition coefficient (Wildman–Crippen LogP) is 4.48. The van der Waals surface area contributed by atoms with Crippen LogP contribution in [0, 0.1) is 0 Å². The number of nitrogens with zero attached hydrogens (tertiary/aromatic N) is 2. The third kappa shape index (κ3) is 1.43. The molecule has 0 saturated heterocycles. The molecule has 4 aromatic rings. The van der Waals surface area contributed by atoms with Crippen LogP contribution in [-0.4, -0.2) is 14.4 Å². The normalized spacial score (nSPS) is 13.5. The van der Waals surface area contributed by atoms with E-state index in [1.165, 1.54) is 16.5 Å². The lowest BCUT2D eigenvalue weighted by Crippen LogP contribution is -1.91. The van der Waals surface area contributed by atoms with Gasteiger partial charge < -0.3 is 4.98 Å². The number of H-pyrrole nitrogens is 1. The summed E-state index contributed by atoms with van der Waals surface area (Å²) in [6, 6.07) is 12.6. The Balaban J connectivity index is 2.18. The highest BCUT2D eigenvalue weighted by Gasteiger charge is 2.16. The average Bonchev–Trinajstić information content (AvgIpc) is 3.02. The number of hydrogen-bond acceptors (Lipinski definition) is 1. The summed E-state index contributed by atoms with van der Waals surface area (Å²) in [5.74, 6) is 0.544. The van der Waals surface area contributed by atoms with Gasteiger partial charge in [-0.05, 0) is 36.1 Å². The molecule has 0 spiro atoms. The molecule has 1 unspecified atom stereocenters. The minimum Gasteiger partial charge on any atom is -0.339 e. The second kappa shape index (κ2) is 4.10. The molecular formula is C17H17N3. The zero-order chi connectivity index (χ0) is 13.7. The highest BCUT2D eigenvalue weighted by molar-refractivity contribution is 6.07. The van der Waals surface area contributed by atoms with E-state index in [-0.39, 0.29) is 0 Å². The van der Waals surface area contributed by atoms with Crippen molar-refractivity contribution in [2.24, 2.45) is 0 Å². The van der Waals surface area contributed by atoms with Crippen LogP contribution in [0.25, 0.3) is 27.7 Å². The number of nitrogens with one attached hydrogen (secondary N) is 1. The maximum atomic E-state index is 4.81. The Bertz CT molecular complexity index is 914. The van der Waals surface area contributed by atoms with E-state index in [4.69, 9.17) is 4.98 Å². The van der Waals surface area contributed by atoms with E-state index in [2.05, 4.69) is 47.6 Å². The van der Waals surface area contributed by atoms with Crippen molar-refractivity contribution in [2.45, 2.75) is 26.2 Å². The quantitative estimate of drug-likeness (QED) is 0.568. The van der Waals surface area contributed by atoms with Gasteiger partial charge >= 0.3 is 0 Å². The van der Waals surface area contributed by atoms with Gasteiger partial charge in [0.2, 0.25) is 0 Å². The van der Waals surface area contributed by atoms with E-state index in [9.17, 15) is 0 Å². The fraction of sp³-hybridized carbons (Fsp3) is 0.235. The van der Waals surface area contributed by atoms with Crippen LogP contribution in [0.3, 0.4) is 0 Å². The number of aromatic nitrogens is 3. The van der Waals surface area contributed by atoms with E-state index in [1.54, 1.807) is 0 Å². The second-order valence-electron chi connectivity index (χ2n) is 5.44. The SMILES string of the molecule is CCC(C)c1cccc2[nH]c3c(nc4ccccn43)c12. The lowest BCUT2D eigenvalue weighted by Gasteiger charge is -2.09. The maximum Gasteiger partial charge on any atom is 0.143 e. The zero-order valence-corrected chi connectivity index (χ0v) is 11.7. The number of aromatic amines is 1. The lowest BCUT2D eigenvalue weighted by atomic mass is 9.95. The third-order valence-corrected chi connectivity index (χ3v) is 4.26. The van der Waals surface area contributed by atoms with Crippen molar-refractivity contribution < 1.29 is 0 Å². The van der Waals surface area contributed by atoms with Crippen molar-refractivity contribution in [2.75, 3.05) is 0 Å². The van der Waals surface area contributed by atoms with Gasteiger partial charge in [-0.3, -0.25) is 4.40 Å². The number of fused-ring (bicyclic) bond motifs is 5. The Kier molecular flexibility index (Phi) is 2.36. The largest absolute Gasteiger partial charge is 0.339 e. The lowest BCUT2D eigenvalue weighted by molar-refractivity contribution is 0.740. The van der Waals surface area contributed by atoms with E-state index >= 15 is 0 Å². The van der Waals surface area contributed by atoms with Gasteiger partial charge in [-0.25, -0.2) is 4.98 Å². The molecule has 20 heavy (non-hydrogen) atoms. The molecule has 0 fully saturated rings. The van der Waals surface area contributed by atoms with Crippen LogP contribution < -0.4 is 0 Å². The monoisotopic (exact) mass is 263 g/mol. The van der Waals surface area contributed by atoms with Gasteiger partial charge in [-0.15, -0.1) is 0 Å². The summed E-state index contributed by atoms with van der Waals surface area (Å²) in [6.07, 6.45) is 3.20. The van der Waals surface area contributed by atoms with Crippen molar-refractivity contribution in [3.63, 3.8) is 0 Å². The molecule has 0 aliphatic heterocycles. The third-order valence-electron chi connectivity index (χ3n) is 4.26. The van der Waals surface area contributed by atoms with Crippen molar-refractivity contribution in [3.05, 3.63) is 48.2 Å². The molecule has 3 nitrogen and oxygen atoms in total. The summed E-state index contributed by atoms with van der Waals surface area (Å²) in [7, 11) is 0. The minimum absolute atomic E-state index is 0.544. The molecule has 1 aromatic carbocycles. The Morgan fingerprint density at radius 1 is 1.20 bits per heavy atom. The van der Waals surface area contributed by atoms with E-state index in [1.807, 2.05) is 18.2 Å². The first-order valence-corrected chi connectivity index (χ1v) is 7.17. The van der Waals surface area contributed by atoms with Gasteiger partial charge in [-0.2, -0.15) is 0 Å². The van der Waals surface area contributed by atoms with Gasteiger partial charge in [-0.1, -0.05) is 32.0 Å². The molecule has 1 N–H and O–H groups in total. The molecule has 3 heteroatoms. The summed E-state index contributed by atoms with van der Waals surface area (Å²) >= 11 is 0. The molecule has 0 radical (unpaired) electrons. The van der Waals surface area contributed by atoms with Gasteiger partial charge in [0.1, 0.15) is 16.8 Å². The maximum absolute atomic E-state index is 4.81. The first kappa shape index (κ1) is 11.5. The zero-order valence-electron chi connectivity index (χ0n) is 11.7. The molecule has 0 amide bonds. The molecule has 0 saturated carbocycles. The molecule has 0 aliphatic carbocycles. The van der Waals surface area contributed by atoms with Crippen molar-refractivity contribution >= 4 is 27.7 Å². The van der Waals surface area contributed by atoms with Crippen LogP contribution in [0.2, 0.25) is 0 Å². The first-order chi connectivity index (χ1) is 9.79. The Morgan fingerprint density at radius 3 is 2.95 bits per heavy atom. The first-order valence-electron chi connectivity index (χ1n) is 7.17. The fourth-order valence-corrected chi connectivity index (χ4v) is 2.99. The van der Waals surface area contributed by atoms with Gasteiger partial charge in [0, 0.05) is 17.1 Å². The van der Waals surface area contributed by atoms with E-state index in [0.717, 1.165) is 23.2 Å². The number of pyridine rings is 1. The second-order valence-corrected chi connectivity index (χ2v) is 5.44. The molecule has 0 bridgehead atoms. The van der Waals surface area contributed by atoms with E-state index < -0.39 is 0 Å². The molecule has 0 aliphatic rings. The van der Waals surface area contributed by atoms with E-state index in [0.29, 0.717) is 5.92 Å². The molecule has 3 aromatic heterocycles.